The van der Waals surface area contributed by atoms with Crippen molar-refractivity contribution in [2.75, 3.05) is 13.1 Å². The molecule has 0 radical (unpaired) electrons. The third-order valence-corrected chi connectivity index (χ3v) is 6.59. The molecule has 4 rings (SSSR count). The SMILES string of the molecule is CCc1nncn1C1CCN(S(=O)(=O)c2cccc3cccnc23)C1. The molecule has 25 heavy (non-hydrogen) atoms. The third kappa shape index (κ3) is 2.71. The van der Waals surface area contributed by atoms with Crippen LogP contribution in [0.25, 0.3) is 10.9 Å². The fraction of sp³-hybridized carbons (Fsp3) is 0.353. The van der Waals surface area contributed by atoms with Crippen LogP contribution in [-0.4, -0.2) is 45.6 Å². The molecule has 3 heterocycles. The van der Waals surface area contributed by atoms with Gasteiger partial charge in [-0.3, -0.25) is 4.98 Å². The van der Waals surface area contributed by atoms with Gasteiger partial charge in [-0.1, -0.05) is 25.1 Å². The largest absolute Gasteiger partial charge is 0.313 e. The number of benzene rings is 1. The molecule has 0 aliphatic carbocycles. The van der Waals surface area contributed by atoms with E-state index in [0.29, 0.717) is 18.6 Å². The van der Waals surface area contributed by atoms with Gasteiger partial charge in [-0.15, -0.1) is 10.2 Å². The van der Waals surface area contributed by atoms with Crippen LogP contribution in [0, 0.1) is 0 Å². The maximum absolute atomic E-state index is 13.2. The van der Waals surface area contributed by atoms with Crippen LogP contribution in [0.2, 0.25) is 0 Å². The Morgan fingerprint density at radius 2 is 2.08 bits per heavy atom. The van der Waals surface area contributed by atoms with Crippen molar-refractivity contribution < 1.29 is 8.42 Å². The van der Waals surface area contributed by atoms with E-state index in [9.17, 15) is 8.42 Å². The van der Waals surface area contributed by atoms with Gasteiger partial charge in [0.15, 0.2) is 0 Å². The fourth-order valence-electron chi connectivity index (χ4n) is 3.40. The number of sulfonamides is 1. The van der Waals surface area contributed by atoms with E-state index in [1.807, 2.05) is 29.7 Å². The summed E-state index contributed by atoms with van der Waals surface area (Å²) in [6, 6.07) is 9.02. The average Bonchev–Trinajstić information content (AvgIpc) is 3.30. The molecule has 2 aromatic heterocycles. The number of fused-ring (bicyclic) bond motifs is 1. The molecule has 3 aromatic rings. The van der Waals surface area contributed by atoms with E-state index in [0.717, 1.165) is 24.1 Å². The number of aromatic nitrogens is 4. The molecule has 7 nitrogen and oxygen atoms in total. The van der Waals surface area contributed by atoms with Crippen molar-refractivity contribution in [2.45, 2.75) is 30.7 Å². The number of para-hydroxylation sites is 1. The van der Waals surface area contributed by atoms with Crippen LogP contribution < -0.4 is 0 Å². The minimum absolute atomic E-state index is 0.0719. The molecule has 0 saturated carbocycles. The van der Waals surface area contributed by atoms with Gasteiger partial charge in [0.2, 0.25) is 10.0 Å². The molecule has 0 spiro atoms. The predicted molar refractivity (Wildman–Crippen MR) is 93.6 cm³/mol. The number of nitrogens with zero attached hydrogens (tertiary/aromatic N) is 5. The van der Waals surface area contributed by atoms with Crippen LogP contribution in [-0.2, 0) is 16.4 Å². The standard InChI is InChI=1S/C17H19N5O2S/c1-2-16-20-19-12-22(16)14-8-10-21(11-14)25(23,24)15-7-3-5-13-6-4-9-18-17(13)15/h3-7,9,12,14H,2,8,10-11H2,1H3. The maximum Gasteiger partial charge on any atom is 0.245 e. The Bertz CT molecular complexity index is 1010. The lowest BCUT2D eigenvalue weighted by atomic mass is 10.2. The zero-order chi connectivity index (χ0) is 17.4. The summed E-state index contributed by atoms with van der Waals surface area (Å²) in [5.74, 6) is 0.885. The van der Waals surface area contributed by atoms with Gasteiger partial charge in [0.05, 0.1) is 11.6 Å². The van der Waals surface area contributed by atoms with E-state index in [-0.39, 0.29) is 10.9 Å². The summed E-state index contributed by atoms with van der Waals surface area (Å²) in [4.78, 5) is 4.55. The number of aryl methyl sites for hydroxylation is 1. The Balaban J connectivity index is 1.67. The smallest absolute Gasteiger partial charge is 0.245 e. The summed E-state index contributed by atoms with van der Waals surface area (Å²) < 4.78 is 29.9. The number of hydrogen-bond acceptors (Lipinski definition) is 5. The molecular weight excluding hydrogens is 338 g/mol. The van der Waals surface area contributed by atoms with E-state index in [1.165, 1.54) is 0 Å². The van der Waals surface area contributed by atoms with Crippen LogP contribution >= 0.6 is 0 Å². The van der Waals surface area contributed by atoms with E-state index >= 15 is 0 Å². The number of pyridine rings is 1. The summed E-state index contributed by atoms with van der Waals surface area (Å²) in [7, 11) is -3.59. The zero-order valence-electron chi connectivity index (χ0n) is 13.9. The molecule has 1 aliphatic heterocycles. The Morgan fingerprint density at radius 3 is 2.92 bits per heavy atom. The van der Waals surface area contributed by atoms with Gasteiger partial charge >= 0.3 is 0 Å². The Morgan fingerprint density at radius 1 is 1.24 bits per heavy atom. The molecular formula is C17H19N5O2S. The summed E-state index contributed by atoms with van der Waals surface area (Å²) in [5.41, 5.74) is 0.520. The van der Waals surface area contributed by atoms with E-state index in [1.54, 1.807) is 29.0 Å². The van der Waals surface area contributed by atoms with Crippen molar-refractivity contribution in [1.82, 2.24) is 24.1 Å². The van der Waals surface area contributed by atoms with Crippen LogP contribution in [0.15, 0.2) is 47.8 Å². The highest BCUT2D eigenvalue weighted by Gasteiger charge is 2.35. The highest BCUT2D eigenvalue weighted by atomic mass is 32.2. The second kappa shape index (κ2) is 6.20. The molecule has 0 N–H and O–H groups in total. The van der Waals surface area contributed by atoms with Crippen LogP contribution in [0.4, 0.5) is 0 Å². The molecule has 130 valence electrons. The van der Waals surface area contributed by atoms with E-state index < -0.39 is 10.0 Å². The number of hydrogen-bond donors (Lipinski definition) is 0. The normalized spacial score (nSPS) is 18.8. The fourth-order valence-corrected chi connectivity index (χ4v) is 5.06. The van der Waals surface area contributed by atoms with Crippen LogP contribution in [0.1, 0.15) is 25.2 Å². The van der Waals surface area contributed by atoms with Crippen molar-refractivity contribution in [3.63, 3.8) is 0 Å². The highest BCUT2D eigenvalue weighted by Crippen LogP contribution is 2.30. The van der Waals surface area contributed by atoms with Gasteiger partial charge in [-0.2, -0.15) is 4.31 Å². The van der Waals surface area contributed by atoms with Gasteiger partial charge < -0.3 is 4.57 Å². The summed E-state index contributed by atoms with van der Waals surface area (Å²) in [6.45, 7) is 2.93. The Hall–Kier alpha value is -2.32. The molecule has 1 fully saturated rings. The Labute approximate surface area is 146 Å². The van der Waals surface area contributed by atoms with Crippen LogP contribution in [0.5, 0.6) is 0 Å². The van der Waals surface area contributed by atoms with Gasteiger partial charge in [-0.25, -0.2) is 8.42 Å². The minimum atomic E-state index is -3.59. The second-order valence-electron chi connectivity index (χ2n) is 6.14. The quantitative estimate of drug-likeness (QED) is 0.714. The predicted octanol–water partition coefficient (Wildman–Crippen LogP) is 2.02. The van der Waals surface area contributed by atoms with Gasteiger partial charge in [0, 0.05) is 31.1 Å². The molecule has 1 saturated heterocycles. The maximum atomic E-state index is 13.2. The lowest BCUT2D eigenvalue weighted by molar-refractivity contribution is 0.447. The van der Waals surface area contributed by atoms with E-state index in [4.69, 9.17) is 0 Å². The lowest BCUT2D eigenvalue weighted by Gasteiger charge is -2.18. The lowest BCUT2D eigenvalue weighted by Crippen LogP contribution is -2.29. The average molecular weight is 357 g/mol. The first-order valence-electron chi connectivity index (χ1n) is 8.33. The third-order valence-electron chi connectivity index (χ3n) is 4.70. The molecule has 0 amide bonds. The van der Waals surface area contributed by atoms with Crippen molar-refractivity contribution in [3.8, 4) is 0 Å². The van der Waals surface area contributed by atoms with Crippen molar-refractivity contribution in [3.05, 3.63) is 48.7 Å². The number of rotatable bonds is 4. The monoisotopic (exact) mass is 357 g/mol. The van der Waals surface area contributed by atoms with Gasteiger partial charge in [-0.05, 0) is 18.6 Å². The molecule has 1 aromatic carbocycles. The van der Waals surface area contributed by atoms with Gasteiger partial charge in [0.25, 0.3) is 0 Å². The molecule has 1 unspecified atom stereocenters. The molecule has 8 heteroatoms. The summed E-state index contributed by atoms with van der Waals surface area (Å²) in [6.07, 6.45) is 4.84. The molecule has 0 bridgehead atoms. The summed E-state index contributed by atoms with van der Waals surface area (Å²) in [5, 5.41) is 8.88. The van der Waals surface area contributed by atoms with Crippen molar-refractivity contribution >= 4 is 20.9 Å². The molecule has 1 aliphatic rings. The zero-order valence-corrected chi connectivity index (χ0v) is 14.7. The van der Waals surface area contributed by atoms with Crippen molar-refractivity contribution in [2.24, 2.45) is 0 Å². The first-order chi connectivity index (χ1) is 12.1. The van der Waals surface area contributed by atoms with Crippen molar-refractivity contribution in [1.29, 1.82) is 0 Å². The van der Waals surface area contributed by atoms with E-state index in [2.05, 4.69) is 15.2 Å². The summed E-state index contributed by atoms with van der Waals surface area (Å²) >= 11 is 0. The van der Waals surface area contributed by atoms with Crippen LogP contribution in [0.3, 0.4) is 0 Å². The van der Waals surface area contributed by atoms with Gasteiger partial charge in [0.1, 0.15) is 17.0 Å². The minimum Gasteiger partial charge on any atom is -0.313 e. The topological polar surface area (TPSA) is 81.0 Å². The second-order valence-corrected chi connectivity index (χ2v) is 8.05. The molecule has 1 atom stereocenters. The Kier molecular flexibility index (Phi) is 4.01. The first-order valence-corrected chi connectivity index (χ1v) is 9.77. The highest BCUT2D eigenvalue weighted by molar-refractivity contribution is 7.89. The first kappa shape index (κ1) is 16.2.